The number of aliphatic hydroxyl groups is 3. The van der Waals surface area contributed by atoms with Gasteiger partial charge in [-0.15, -0.1) is 0 Å². The predicted molar refractivity (Wildman–Crippen MR) is 171 cm³/mol. The lowest BCUT2D eigenvalue weighted by molar-refractivity contribution is -0.324. The van der Waals surface area contributed by atoms with Gasteiger partial charge in [0.2, 0.25) is 0 Å². The second-order valence-corrected chi connectivity index (χ2v) is 15.1. The minimum atomic E-state index is -1.96. The molecule has 2 heterocycles. The topological polar surface area (TPSA) is 161 Å². The van der Waals surface area contributed by atoms with Crippen LogP contribution >= 0.6 is 0 Å². The van der Waals surface area contributed by atoms with Gasteiger partial charge in [0.05, 0.1) is 35.6 Å². The molecule has 2 aliphatic heterocycles. The molecule has 0 aromatic rings. The van der Waals surface area contributed by atoms with Gasteiger partial charge >= 0.3 is 5.97 Å². The minimum Gasteiger partial charge on any atom is -0.459 e. The van der Waals surface area contributed by atoms with E-state index in [0.29, 0.717) is 0 Å². The summed E-state index contributed by atoms with van der Waals surface area (Å²) in [6.45, 7) is 18.6. The third-order valence-electron chi connectivity index (χ3n) is 9.89. The summed E-state index contributed by atoms with van der Waals surface area (Å²) >= 11 is 0. The molecular weight excluding hydrogens is 598 g/mol. The summed E-state index contributed by atoms with van der Waals surface area (Å²) in [4.78, 5) is 42.9. The van der Waals surface area contributed by atoms with Crippen molar-refractivity contribution in [2.45, 2.75) is 155 Å². The van der Waals surface area contributed by atoms with E-state index in [-0.39, 0.29) is 18.6 Å². The minimum absolute atomic E-state index is 0.0606. The number of rotatable bonds is 6. The van der Waals surface area contributed by atoms with Gasteiger partial charge in [-0.3, -0.25) is 14.4 Å². The summed E-state index contributed by atoms with van der Waals surface area (Å²) in [7, 11) is 5.09. The molecule has 12 heteroatoms. The van der Waals surface area contributed by atoms with Crippen LogP contribution in [-0.2, 0) is 38.1 Å². The highest BCUT2D eigenvalue weighted by atomic mass is 16.7. The molecule has 3 N–H and O–H groups in total. The molecule has 2 fully saturated rings. The van der Waals surface area contributed by atoms with Crippen LogP contribution in [0.4, 0.5) is 0 Å². The molecule has 2 saturated heterocycles. The lowest BCUT2D eigenvalue weighted by Gasteiger charge is -2.50. The first-order valence-corrected chi connectivity index (χ1v) is 16.5. The molecule has 0 amide bonds. The number of ether oxygens (including phenoxy) is 5. The highest BCUT2D eigenvalue weighted by Gasteiger charge is 2.53. The van der Waals surface area contributed by atoms with Gasteiger partial charge in [-0.05, 0) is 75.4 Å². The Morgan fingerprint density at radius 2 is 1.54 bits per heavy atom. The maximum absolute atomic E-state index is 14.0. The fraction of sp³-hybridized carbons (Fsp3) is 0.912. The molecule has 2 rings (SSSR count). The number of aliphatic hydroxyl groups excluding tert-OH is 2. The standard InChI is InChI=1S/C34H61NO11/c1-15-22-34(11,41)28(39)18(3)24(36)17(2)16-33(10,42-14)29(19(4)25(37)20(5)30(40)44-22)45-31-26(38)23(35(12)13)27(21(6)43-31)46-32(7,8)9/h17-23,26-29,31,38-39,41H,15-16H2,1-14H3/t17-,18+,19+,20-,21-,22-,23-,26-,27-,28-,29-,31+,33-,34-/m1/s1. The van der Waals surface area contributed by atoms with Crippen LogP contribution in [0, 0.1) is 23.7 Å². The molecule has 0 unspecified atom stereocenters. The summed E-state index contributed by atoms with van der Waals surface area (Å²) in [5, 5.41) is 34.2. The van der Waals surface area contributed by atoms with Gasteiger partial charge in [0, 0.05) is 24.9 Å². The first kappa shape index (κ1) is 40.7. The monoisotopic (exact) mass is 659 g/mol. The number of hydrogen-bond acceptors (Lipinski definition) is 12. The van der Waals surface area contributed by atoms with E-state index < -0.39 is 101 Å². The van der Waals surface area contributed by atoms with Crippen LogP contribution in [0.5, 0.6) is 0 Å². The van der Waals surface area contributed by atoms with Gasteiger partial charge in [-0.25, -0.2) is 0 Å². The first-order valence-electron chi connectivity index (χ1n) is 16.5. The second-order valence-electron chi connectivity index (χ2n) is 15.1. The Balaban J connectivity index is 2.63. The van der Waals surface area contributed by atoms with Crippen LogP contribution in [0.2, 0.25) is 0 Å². The molecule has 0 radical (unpaired) electrons. The van der Waals surface area contributed by atoms with E-state index in [1.165, 1.54) is 27.9 Å². The van der Waals surface area contributed by atoms with Crippen molar-refractivity contribution in [3.63, 3.8) is 0 Å². The highest BCUT2D eigenvalue weighted by molar-refractivity contribution is 6.00. The summed E-state index contributed by atoms with van der Waals surface area (Å²) in [5.41, 5.74) is -3.79. The van der Waals surface area contributed by atoms with Crippen LogP contribution in [0.3, 0.4) is 0 Å². The number of Topliss-reactive ketones (excluding diaryl/α,β-unsaturated/α-hetero) is 2. The van der Waals surface area contributed by atoms with Gasteiger partial charge in [0.1, 0.15) is 35.6 Å². The number of nitrogens with zero attached hydrogens (tertiary/aromatic N) is 1. The molecule has 0 aliphatic carbocycles. The van der Waals surface area contributed by atoms with Crippen LogP contribution in [-0.4, -0.2) is 125 Å². The maximum atomic E-state index is 14.0. The molecule has 46 heavy (non-hydrogen) atoms. The van der Waals surface area contributed by atoms with E-state index in [9.17, 15) is 29.7 Å². The maximum Gasteiger partial charge on any atom is 0.316 e. The first-order chi connectivity index (χ1) is 20.9. The van der Waals surface area contributed by atoms with E-state index in [0.717, 1.165) is 0 Å². The largest absolute Gasteiger partial charge is 0.459 e. The summed E-state index contributed by atoms with van der Waals surface area (Å²) < 4.78 is 30.7. The number of hydrogen-bond donors (Lipinski definition) is 3. The smallest absolute Gasteiger partial charge is 0.316 e. The number of cyclic esters (lactones) is 1. The molecule has 2 aliphatic rings. The lowest BCUT2D eigenvalue weighted by Crippen LogP contribution is -2.65. The molecule has 0 bridgehead atoms. The fourth-order valence-electron chi connectivity index (χ4n) is 7.07. The summed E-state index contributed by atoms with van der Waals surface area (Å²) in [5.74, 6) is -5.74. The van der Waals surface area contributed by atoms with Crippen molar-refractivity contribution < 1.29 is 53.4 Å². The Kier molecular flexibility index (Phi) is 13.6. The quantitative estimate of drug-likeness (QED) is 0.283. The summed E-state index contributed by atoms with van der Waals surface area (Å²) in [6.07, 6.45) is -7.10. The van der Waals surface area contributed by atoms with E-state index in [2.05, 4.69) is 0 Å². The van der Waals surface area contributed by atoms with Crippen molar-refractivity contribution in [2.75, 3.05) is 21.2 Å². The molecule has 268 valence electrons. The molecular formula is C34H61NO11. The molecule has 14 atom stereocenters. The Bertz CT molecular complexity index is 1060. The number of ketones is 2. The normalized spacial score (nSPS) is 44.2. The van der Waals surface area contributed by atoms with Crippen LogP contribution in [0.25, 0.3) is 0 Å². The molecule has 0 aromatic carbocycles. The van der Waals surface area contributed by atoms with Crippen molar-refractivity contribution in [1.29, 1.82) is 0 Å². The highest BCUT2D eigenvalue weighted by Crippen LogP contribution is 2.39. The van der Waals surface area contributed by atoms with E-state index in [1.807, 2.05) is 46.7 Å². The van der Waals surface area contributed by atoms with Gasteiger partial charge in [0.15, 0.2) is 12.1 Å². The lowest BCUT2D eigenvalue weighted by atomic mass is 9.74. The van der Waals surface area contributed by atoms with Crippen molar-refractivity contribution in [1.82, 2.24) is 4.90 Å². The Labute approximate surface area is 275 Å². The SMILES string of the molecule is CC[C@H]1OC(=O)[C@H](C)C(=O)[C@H](C)[C@@H](O[C@@H]2O[C@H](C)[C@@H](OC(C)(C)C)[C@H](N(C)C)[C@H]2O)[C@](C)(OC)C[C@@H](C)C(=O)[C@H](C)[C@@H](O)[C@]1(C)O. The van der Waals surface area contributed by atoms with Crippen molar-refractivity contribution >= 4 is 17.5 Å². The molecule has 0 saturated carbocycles. The molecule has 0 aromatic heterocycles. The Morgan fingerprint density at radius 3 is 2.02 bits per heavy atom. The third-order valence-corrected chi connectivity index (χ3v) is 9.89. The molecule has 12 nitrogen and oxygen atoms in total. The van der Waals surface area contributed by atoms with E-state index in [4.69, 9.17) is 23.7 Å². The number of carbonyl (C=O) groups is 3. The number of esters is 1. The third kappa shape index (κ3) is 8.74. The van der Waals surface area contributed by atoms with E-state index >= 15 is 0 Å². The fourth-order valence-corrected chi connectivity index (χ4v) is 7.07. The Hall–Kier alpha value is -1.51. The average molecular weight is 660 g/mol. The van der Waals surface area contributed by atoms with Crippen LogP contribution in [0.15, 0.2) is 0 Å². The van der Waals surface area contributed by atoms with Gasteiger partial charge in [-0.2, -0.15) is 0 Å². The second kappa shape index (κ2) is 15.4. The zero-order chi connectivity index (χ0) is 35.7. The average Bonchev–Trinajstić information content (AvgIpc) is 2.96. The van der Waals surface area contributed by atoms with E-state index in [1.54, 1.807) is 27.7 Å². The Morgan fingerprint density at radius 1 is 0.978 bits per heavy atom. The number of carbonyl (C=O) groups excluding carboxylic acids is 3. The van der Waals surface area contributed by atoms with Gasteiger partial charge < -0.3 is 43.9 Å². The number of likely N-dealkylation sites (N-methyl/N-ethyl adjacent to an activating group) is 1. The zero-order valence-electron chi connectivity index (χ0n) is 30.4. The molecule has 0 spiro atoms. The zero-order valence-corrected chi connectivity index (χ0v) is 30.4. The van der Waals surface area contributed by atoms with Crippen LogP contribution < -0.4 is 0 Å². The van der Waals surface area contributed by atoms with Crippen molar-refractivity contribution in [2.24, 2.45) is 23.7 Å². The summed E-state index contributed by atoms with van der Waals surface area (Å²) in [6, 6.07) is -0.540. The van der Waals surface area contributed by atoms with Gasteiger partial charge in [0.25, 0.3) is 0 Å². The van der Waals surface area contributed by atoms with Gasteiger partial charge in [-0.1, -0.05) is 27.7 Å². The van der Waals surface area contributed by atoms with Crippen LogP contribution in [0.1, 0.15) is 89.0 Å². The predicted octanol–water partition coefficient (Wildman–Crippen LogP) is 2.52. The number of methoxy groups -OCH3 is 1. The van der Waals surface area contributed by atoms with Crippen molar-refractivity contribution in [3.8, 4) is 0 Å². The van der Waals surface area contributed by atoms with Crippen molar-refractivity contribution in [3.05, 3.63) is 0 Å².